The summed E-state index contributed by atoms with van der Waals surface area (Å²) in [6.07, 6.45) is 0.664. The molecule has 0 radical (unpaired) electrons. The van der Waals surface area contributed by atoms with E-state index in [0.717, 1.165) is 11.1 Å². The number of alkyl halides is 1. The Hall–Kier alpha value is -1.06. The molecule has 0 N–H and O–H groups in total. The first-order chi connectivity index (χ1) is 9.51. The lowest BCUT2D eigenvalue weighted by atomic mass is 10.0. The van der Waals surface area contributed by atoms with Gasteiger partial charge in [0.15, 0.2) is 0 Å². The average molecular weight is 358 g/mol. The van der Waals surface area contributed by atoms with Crippen LogP contribution in [0.1, 0.15) is 22.1 Å². The maximum atomic E-state index is 13.5. The smallest absolute Gasteiger partial charge is 0.141 e. The molecule has 1 atom stereocenters. The van der Waals surface area contributed by atoms with Crippen LogP contribution < -0.4 is 4.74 Å². The number of halogens is 3. The molecule has 0 fully saturated rings. The van der Waals surface area contributed by atoms with Crippen LogP contribution in [0, 0.1) is 12.7 Å². The maximum Gasteiger partial charge on any atom is 0.141 e. The monoisotopic (exact) mass is 356 g/mol. The lowest BCUT2D eigenvalue weighted by molar-refractivity contribution is 0.405. The van der Waals surface area contributed by atoms with Crippen molar-refractivity contribution in [2.24, 2.45) is 0 Å². The summed E-state index contributed by atoms with van der Waals surface area (Å²) >= 11 is 9.66. The Bertz CT molecular complexity index is 615. The van der Waals surface area contributed by atoms with Crippen molar-refractivity contribution < 1.29 is 9.13 Å². The molecule has 0 amide bonds. The first-order valence-corrected chi connectivity index (χ1v) is 7.46. The molecule has 0 aliphatic rings. The van der Waals surface area contributed by atoms with E-state index in [1.165, 1.54) is 18.7 Å². The molecule has 2 aromatic carbocycles. The third kappa shape index (κ3) is 3.53. The zero-order valence-electron chi connectivity index (χ0n) is 11.3. The predicted octanol–water partition coefficient (Wildman–Crippen LogP) is 5.43. The molecule has 4 heteroatoms. The number of hydrogen-bond donors (Lipinski definition) is 0. The second-order valence-corrected chi connectivity index (χ2v) is 6.05. The van der Waals surface area contributed by atoms with E-state index in [2.05, 4.69) is 22.0 Å². The minimum atomic E-state index is -0.356. The second kappa shape index (κ2) is 6.59. The van der Waals surface area contributed by atoms with Crippen LogP contribution in [0.2, 0.25) is 0 Å². The molecule has 1 unspecified atom stereocenters. The number of benzene rings is 2. The number of methoxy groups -OCH3 is 1. The van der Waals surface area contributed by atoms with Gasteiger partial charge in [-0.1, -0.05) is 29.8 Å². The van der Waals surface area contributed by atoms with E-state index in [4.69, 9.17) is 16.3 Å². The van der Waals surface area contributed by atoms with E-state index in [9.17, 15) is 4.39 Å². The molecule has 2 rings (SSSR count). The summed E-state index contributed by atoms with van der Waals surface area (Å²) in [4.78, 5) is 0. The van der Waals surface area contributed by atoms with Crippen LogP contribution in [0.25, 0.3) is 0 Å². The molecule has 0 bridgehead atoms. The van der Waals surface area contributed by atoms with Crippen LogP contribution in [-0.4, -0.2) is 7.11 Å². The van der Waals surface area contributed by atoms with Crippen molar-refractivity contribution >= 4 is 27.5 Å². The zero-order valence-corrected chi connectivity index (χ0v) is 13.6. The fraction of sp³-hybridized carbons (Fsp3) is 0.250. The van der Waals surface area contributed by atoms with Crippen molar-refractivity contribution in [1.29, 1.82) is 0 Å². The third-order valence-electron chi connectivity index (χ3n) is 3.11. The summed E-state index contributed by atoms with van der Waals surface area (Å²) in [5.74, 6) is 0.114. The molecular weight excluding hydrogens is 343 g/mol. The second-order valence-electron chi connectivity index (χ2n) is 4.67. The molecule has 1 nitrogen and oxygen atoms in total. The van der Waals surface area contributed by atoms with Gasteiger partial charge in [-0.25, -0.2) is 4.39 Å². The van der Waals surface area contributed by atoms with Crippen LogP contribution >= 0.6 is 27.5 Å². The highest BCUT2D eigenvalue weighted by Crippen LogP contribution is 2.35. The molecule has 0 spiro atoms. The summed E-state index contributed by atoms with van der Waals surface area (Å²) in [6, 6.07) is 11.2. The molecule has 0 saturated heterocycles. The maximum absolute atomic E-state index is 13.5. The number of rotatable bonds is 4. The van der Waals surface area contributed by atoms with E-state index >= 15 is 0 Å². The van der Waals surface area contributed by atoms with Crippen molar-refractivity contribution in [1.82, 2.24) is 0 Å². The first-order valence-electron chi connectivity index (χ1n) is 6.24. The predicted molar refractivity (Wildman–Crippen MR) is 84.1 cm³/mol. The quantitative estimate of drug-likeness (QED) is 0.663. The van der Waals surface area contributed by atoms with Crippen LogP contribution in [0.5, 0.6) is 5.75 Å². The minimum absolute atomic E-state index is 0.274. The molecule has 0 aliphatic heterocycles. The lowest BCUT2D eigenvalue weighted by Crippen LogP contribution is -2.01. The summed E-state index contributed by atoms with van der Waals surface area (Å²) in [5.41, 5.74) is 3.12. The van der Waals surface area contributed by atoms with Gasteiger partial charge in [-0.3, -0.25) is 0 Å². The molecule has 2 aromatic rings. The highest BCUT2D eigenvalue weighted by atomic mass is 79.9. The van der Waals surface area contributed by atoms with Gasteiger partial charge in [-0.05, 0) is 40.9 Å². The van der Waals surface area contributed by atoms with Crippen molar-refractivity contribution in [3.05, 3.63) is 63.4 Å². The molecule has 106 valence electrons. The first kappa shape index (κ1) is 15.3. The number of hydrogen-bond acceptors (Lipinski definition) is 1. The standard InChI is InChI=1S/C16H15BrClFO/c1-10-4-3-5-11(6-10)7-14(18)12-8-13(17)15(19)9-16(12)20-2/h3-6,8-9,14H,7H2,1-2H3. The fourth-order valence-corrected chi connectivity index (χ4v) is 2.83. The molecule has 0 saturated carbocycles. The molecule has 20 heavy (non-hydrogen) atoms. The molecule has 0 aliphatic carbocycles. The van der Waals surface area contributed by atoms with Gasteiger partial charge < -0.3 is 4.74 Å². The van der Waals surface area contributed by atoms with E-state index < -0.39 is 0 Å². The van der Waals surface area contributed by atoms with E-state index in [1.54, 1.807) is 6.07 Å². The number of aryl methyl sites for hydroxylation is 1. The average Bonchev–Trinajstić information content (AvgIpc) is 2.41. The molecular formula is C16H15BrClFO. The Morgan fingerprint density at radius 3 is 2.70 bits per heavy atom. The van der Waals surface area contributed by atoms with Gasteiger partial charge in [-0.15, -0.1) is 11.6 Å². The largest absolute Gasteiger partial charge is 0.496 e. The zero-order chi connectivity index (χ0) is 14.7. The molecule has 0 heterocycles. The Morgan fingerprint density at radius 1 is 1.30 bits per heavy atom. The van der Waals surface area contributed by atoms with Crippen molar-refractivity contribution in [3.63, 3.8) is 0 Å². The summed E-state index contributed by atoms with van der Waals surface area (Å²) in [6.45, 7) is 2.04. The van der Waals surface area contributed by atoms with Gasteiger partial charge in [0.2, 0.25) is 0 Å². The highest BCUT2D eigenvalue weighted by Gasteiger charge is 2.17. The van der Waals surface area contributed by atoms with Gasteiger partial charge in [0.1, 0.15) is 11.6 Å². The Labute approximate surface area is 131 Å². The van der Waals surface area contributed by atoms with Gasteiger partial charge in [-0.2, -0.15) is 0 Å². The Morgan fingerprint density at radius 2 is 2.05 bits per heavy atom. The third-order valence-corrected chi connectivity index (χ3v) is 4.10. The van der Waals surface area contributed by atoms with Crippen LogP contribution in [0.15, 0.2) is 40.9 Å². The van der Waals surface area contributed by atoms with Gasteiger partial charge in [0.25, 0.3) is 0 Å². The van der Waals surface area contributed by atoms with Crippen LogP contribution in [0.3, 0.4) is 0 Å². The summed E-state index contributed by atoms with van der Waals surface area (Å²) in [7, 11) is 1.52. The van der Waals surface area contributed by atoms with Crippen molar-refractivity contribution in [2.45, 2.75) is 18.7 Å². The van der Waals surface area contributed by atoms with Crippen molar-refractivity contribution in [2.75, 3.05) is 7.11 Å². The van der Waals surface area contributed by atoms with Crippen LogP contribution in [-0.2, 0) is 6.42 Å². The van der Waals surface area contributed by atoms with Crippen LogP contribution in [0.4, 0.5) is 4.39 Å². The molecule has 0 aromatic heterocycles. The summed E-state index contributed by atoms with van der Waals surface area (Å²) < 4.78 is 19.1. The van der Waals surface area contributed by atoms with Gasteiger partial charge in [0, 0.05) is 11.6 Å². The highest BCUT2D eigenvalue weighted by molar-refractivity contribution is 9.10. The summed E-state index contributed by atoms with van der Waals surface area (Å²) in [5, 5.41) is -0.274. The SMILES string of the molecule is COc1cc(F)c(Br)cc1C(Cl)Cc1cccc(C)c1. The fourth-order valence-electron chi connectivity index (χ4n) is 2.12. The topological polar surface area (TPSA) is 9.23 Å². The normalized spacial score (nSPS) is 12.2. The van der Waals surface area contributed by atoms with Crippen molar-refractivity contribution in [3.8, 4) is 5.75 Å². The van der Waals surface area contributed by atoms with E-state index in [0.29, 0.717) is 16.6 Å². The number of ether oxygens (including phenoxy) is 1. The van der Waals surface area contributed by atoms with Gasteiger partial charge >= 0.3 is 0 Å². The Kier molecular flexibility index (Phi) is 5.06. The van der Waals surface area contributed by atoms with E-state index in [1.807, 2.05) is 25.1 Å². The lowest BCUT2D eigenvalue weighted by Gasteiger charge is -2.15. The minimum Gasteiger partial charge on any atom is -0.496 e. The Balaban J connectivity index is 2.29. The van der Waals surface area contributed by atoms with Gasteiger partial charge in [0.05, 0.1) is 17.0 Å². The van der Waals surface area contributed by atoms with E-state index in [-0.39, 0.29) is 11.2 Å².